The number of piperidine rings is 1. The van der Waals surface area contributed by atoms with Crippen LogP contribution in [-0.2, 0) is 10.0 Å². The van der Waals surface area contributed by atoms with E-state index < -0.39 is 10.0 Å². The Labute approximate surface area is 139 Å². The zero-order chi connectivity index (χ0) is 15.6. The molecule has 0 radical (unpaired) electrons. The number of pyridine rings is 1. The third-order valence-corrected chi connectivity index (χ3v) is 6.59. The van der Waals surface area contributed by atoms with Gasteiger partial charge in [-0.3, -0.25) is 4.72 Å². The van der Waals surface area contributed by atoms with Gasteiger partial charge in [0.05, 0.1) is 10.0 Å². The molecule has 1 N–H and O–H groups in total. The molecular weight excluding hydrogens is 342 g/mol. The zero-order valence-electron chi connectivity index (χ0n) is 11.8. The predicted octanol–water partition coefficient (Wildman–Crippen LogP) is 3.59. The standard InChI is InChI=1S/C14H16ClN3O2S2/c15-12-6-7-13(21-12)22(19,20)17-11-5-4-8-16-14(11)18-9-2-1-3-10-18/h4-8,17H,1-3,9-10H2. The van der Waals surface area contributed by atoms with Crippen molar-refractivity contribution in [3.8, 4) is 0 Å². The van der Waals surface area contributed by atoms with E-state index in [1.54, 1.807) is 24.4 Å². The monoisotopic (exact) mass is 357 g/mol. The summed E-state index contributed by atoms with van der Waals surface area (Å²) in [4.78, 5) is 6.49. The second-order valence-electron chi connectivity index (χ2n) is 5.09. The third kappa shape index (κ3) is 3.37. The minimum Gasteiger partial charge on any atom is -0.355 e. The molecule has 5 nitrogen and oxygen atoms in total. The molecule has 1 aliphatic rings. The van der Waals surface area contributed by atoms with Crippen LogP contribution in [-0.4, -0.2) is 26.5 Å². The Kier molecular flexibility index (Phi) is 4.56. The van der Waals surface area contributed by atoms with Gasteiger partial charge in [-0.15, -0.1) is 11.3 Å². The number of rotatable bonds is 4. The van der Waals surface area contributed by atoms with Crippen LogP contribution in [0.1, 0.15) is 19.3 Å². The summed E-state index contributed by atoms with van der Waals surface area (Å²) < 4.78 is 28.2. The minimum absolute atomic E-state index is 0.200. The summed E-state index contributed by atoms with van der Waals surface area (Å²) in [5.74, 6) is 0.688. The Morgan fingerprint density at radius 3 is 2.64 bits per heavy atom. The first-order valence-electron chi connectivity index (χ1n) is 7.04. The summed E-state index contributed by atoms with van der Waals surface area (Å²) in [7, 11) is -3.64. The van der Waals surface area contributed by atoms with Gasteiger partial charge in [0.15, 0.2) is 5.82 Å². The van der Waals surface area contributed by atoms with Crippen LogP contribution in [0.3, 0.4) is 0 Å². The first-order valence-corrected chi connectivity index (χ1v) is 9.72. The number of anilines is 2. The molecule has 0 bridgehead atoms. The Morgan fingerprint density at radius 1 is 1.18 bits per heavy atom. The van der Waals surface area contributed by atoms with Crippen LogP contribution in [0.25, 0.3) is 0 Å². The Morgan fingerprint density at radius 2 is 1.95 bits per heavy atom. The maximum Gasteiger partial charge on any atom is 0.271 e. The molecule has 0 unspecified atom stereocenters. The summed E-state index contributed by atoms with van der Waals surface area (Å²) in [6.07, 6.45) is 5.09. The van der Waals surface area contributed by atoms with Crippen molar-refractivity contribution in [3.05, 3.63) is 34.8 Å². The fraction of sp³-hybridized carbons (Fsp3) is 0.357. The molecule has 1 aliphatic heterocycles. The van der Waals surface area contributed by atoms with Gasteiger partial charge in [-0.05, 0) is 43.5 Å². The molecule has 3 heterocycles. The number of aromatic nitrogens is 1. The molecule has 3 rings (SSSR count). The van der Waals surface area contributed by atoms with Crippen LogP contribution < -0.4 is 9.62 Å². The highest BCUT2D eigenvalue weighted by molar-refractivity contribution is 7.94. The van der Waals surface area contributed by atoms with Crippen LogP contribution in [0, 0.1) is 0 Å². The molecule has 0 saturated carbocycles. The van der Waals surface area contributed by atoms with Gasteiger partial charge < -0.3 is 4.90 Å². The number of hydrogen-bond donors (Lipinski definition) is 1. The highest BCUT2D eigenvalue weighted by Gasteiger charge is 2.21. The number of nitrogens with zero attached hydrogens (tertiary/aromatic N) is 2. The normalized spacial score (nSPS) is 15.8. The van der Waals surface area contributed by atoms with Crippen molar-refractivity contribution < 1.29 is 8.42 Å². The number of nitrogens with one attached hydrogen (secondary N) is 1. The third-order valence-electron chi connectivity index (χ3n) is 3.50. The predicted molar refractivity (Wildman–Crippen MR) is 90.4 cm³/mol. The van der Waals surface area contributed by atoms with Crippen molar-refractivity contribution in [1.82, 2.24) is 4.98 Å². The van der Waals surface area contributed by atoms with Gasteiger partial charge in [0.2, 0.25) is 0 Å². The maximum absolute atomic E-state index is 12.4. The Hall–Kier alpha value is -1.31. The lowest BCUT2D eigenvalue weighted by Crippen LogP contribution is -2.31. The Bertz CT molecular complexity index is 755. The summed E-state index contributed by atoms with van der Waals surface area (Å²) in [5, 5.41) is 0. The molecule has 0 amide bonds. The van der Waals surface area contributed by atoms with E-state index in [0.717, 1.165) is 37.3 Å². The number of thiophene rings is 1. The van der Waals surface area contributed by atoms with Gasteiger partial charge >= 0.3 is 0 Å². The van der Waals surface area contributed by atoms with Crippen molar-refractivity contribution in [3.63, 3.8) is 0 Å². The average Bonchev–Trinajstić information content (AvgIpc) is 2.96. The van der Waals surface area contributed by atoms with Crippen molar-refractivity contribution >= 4 is 44.5 Å². The lowest BCUT2D eigenvalue weighted by molar-refractivity contribution is 0.574. The van der Waals surface area contributed by atoms with Crippen molar-refractivity contribution in [2.75, 3.05) is 22.7 Å². The van der Waals surface area contributed by atoms with Crippen molar-refractivity contribution in [1.29, 1.82) is 0 Å². The van der Waals surface area contributed by atoms with Gasteiger partial charge in [0.25, 0.3) is 10.0 Å². The molecule has 0 spiro atoms. The molecule has 1 fully saturated rings. The van der Waals surface area contributed by atoms with E-state index in [-0.39, 0.29) is 4.21 Å². The van der Waals surface area contributed by atoms with E-state index in [1.165, 1.54) is 12.5 Å². The van der Waals surface area contributed by atoms with Crippen LogP contribution in [0.4, 0.5) is 11.5 Å². The SMILES string of the molecule is O=S(=O)(Nc1cccnc1N1CCCCC1)c1ccc(Cl)s1. The van der Waals surface area contributed by atoms with E-state index in [4.69, 9.17) is 11.6 Å². The molecule has 2 aromatic rings. The maximum atomic E-state index is 12.4. The largest absolute Gasteiger partial charge is 0.355 e. The van der Waals surface area contributed by atoms with Crippen LogP contribution in [0.15, 0.2) is 34.7 Å². The number of halogens is 1. The average molecular weight is 358 g/mol. The highest BCUT2D eigenvalue weighted by atomic mass is 35.5. The summed E-state index contributed by atoms with van der Waals surface area (Å²) in [6, 6.07) is 6.55. The summed E-state index contributed by atoms with van der Waals surface area (Å²) in [5.41, 5.74) is 0.508. The molecule has 2 aromatic heterocycles. The molecular formula is C14H16ClN3O2S2. The van der Waals surface area contributed by atoms with Crippen molar-refractivity contribution in [2.24, 2.45) is 0 Å². The minimum atomic E-state index is -3.64. The lowest BCUT2D eigenvalue weighted by atomic mass is 10.1. The zero-order valence-corrected chi connectivity index (χ0v) is 14.2. The molecule has 1 saturated heterocycles. The van der Waals surface area contributed by atoms with Gasteiger partial charge in [-0.25, -0.2) is 13.4 Å². The lowest BCUT2D eigenvalue weighted by Gasteiger charge is -2.29. The van der Waals surface area contributed by atoms with Crippen LogP contribution >= 0.6 is 22.9 Å². The molecule has 0 aromatic carbocycles. The van der Waals surface area contributed by atoms with Gasteiger partial charge in [-0.2, -0.15) is 0 Å². The van der Waals surface area contributed by atoms with Gasteiger partial charge in [-0.1, -0.05) is 11.6 Å². The summed E-state index contributed by atoms with van der Waals surface area (Å²) >= 11 is 6.86. The summed E-state index contributed by atoms with van der Waals surface area (Å²) in [6.45, 7) is 1.80. The van der Waals surface area contributed by atoms with Crippen molar-refractivity contribution in [2.45, 2.75) is 23.5 Å². The van der Waals surface area contributed by atoms with E-state index in [9.17, 15) is 8.42 Å². The smallest absolute Gasteiger partial charge is 0.271 e. The first kappa shape index (κ1) is 15.6. The van der Waals surface area contributed by atoms with E-state index >= 15 is 0 Å². The molecule has 22 heavy (non-hydrogen) atoms. The fourth-order valence-corrected chi connectivity index (χ4v) is 5.02. The molecule has 0 atom stereocenters. The first-order chi connectivity index (χ1) is 10.6. The van der Waals surface area contributed by atoms with Crippen LogP contribution in [0.2, 0.25) is 4.34 Å². The molecule has 8 heteroatoms. The second-order valence-corrected chi connectivity index (χ2v) is 8.71. The Balaban J connectivity index is 1.89. The topological polar surface area (TPSA) is 62.3 Å². The van der Waals surface area contributed by atoms with Gasteiger partial charge in [0, 0.05) is 19.3 Å². The van der Waals surface area contributed by atoms with Gasteiger partial charge in [0.1, 0.15) is 4.21 Å². The van der Waals surface area contributed by atoms with E-state index in [1.807, 2.05) is 0 Å². The number of hydrogen-bond acceptors (Lipinski definition) is 5. The fourth-order valence-electron chi connectivity index (χ4n) is 2.47. The molecule has 118 valence electrons. The van der Waals surface area contributed by atoms with Crippen LogP contribution in [0.5, 0.6) is 0 Å². The molecule has 0 aliphatic carbocycles. The van der Waals surface area contributed by atoms with E-state index in [2.05, 4.69) is 14.6 Å². The quantitative estimate of drug-likeness (QED) is 0.908. The highest BCUT2D eigenvalue weighted by Crippen LogP contribution is 2.31. The van der Waals surface area contributed by atoms with E-state index in [0.29, 0.717) is 15.8 Å². The second kappa shape index (κ2) is 6.44. The number of sulfonamides is 1.